The van der Waals surface area contributed by atoms with Crippen molar-refractivity contribution in [3.05, 3.63) is 0 Å². The molecule has 1 aliphatic heterocycles. The highest BCUT2D eigenvalue weighted by atomic mass is 16.4. The molecule has 3 N–H and O–H groups in total. The average molecular weight is 199 g/mol. The van der Waals surface area contributed by atoms with Crippen LogP contribution in [0.15, 0.2) is 5.16 Å². The first kappa shape index (κ1) is 11.3. The molecule has 1 heterocycles. The minimum absolute atomic E-state index is 0.133. The Hall–Kier alpha value is -0.770. The van der Waals surface area contributed by atoms with Gasteiger partial charge < -0.3 is 15.8 Å². The summed E-state index contributed by atoms with van der Waals surface area (Å²) in [4.78, 5) is 2.38. The Labute approximate surface area is 85.8 Å². The van der Waals surface area contributed by atoms with Gasteiger partial charge in [-0.2, -0.15) is 0 Å². The van der Waals surface area contributed by atoms with E-state index < -0.39 is 0 Å². The van der Waals surface area contributed by atoms with E-state index in [0.717, 1.165) is 19.6 Å². The lowest BCUT2D eigenvalue weighted by Gasteiger charge is -2.22. The molecule has 1 saturated heterocycles. The van der Waals surface area contributed by atoms with E-state index in [1.807, 2.05) is 6.92 Å². The van der Waals surface area contributed by atoms with Crippen molar-refractivity contribution < 1.29 is 5.21 Å². The van der Waals surface area contributed by atoms with Crippen molar-refractivity contribution >= 4 is 5.84 Å². The van der Waals surface area contributed by atoms with Gasteiger partial charge in [0.05, 0.1) is 0 Å². The molecule has 4 nitrogen and oxygen atoms in total. The largest absolute Gasteiger partial charge is 0.409 e. The number of nitrogens with two attached hydrogens (primary N) is 1. The fourth-order valence-electron chi connectivity index (χ4n) is 1.96. The van der Waals surface area contributed by atoms with Crippen LogP contribution in [0.2, 0.25) is 0 Å². The van der Waals surface area contributed by atoms with Gasteiger partial charge in [0.2, 0.25) is 0 Å². The number of likely N-dealkylation sites (tertiary alicyclic amines) is 1. The first-order valence-corrected chi connectivity index (χ1v) is 5.14. The standard InChI is InChI=1S/C10H21N3O/c1-8(9(11)12-14)6-13-5-4-10(2,3)7-13/h8,14H,4-7H2,1-3H3,(H2,11,12). The Morgan fingerprint density at radius 3 is 2.71 bits per heavy atom. The van der Waals surface area contributed by atoms with E-state index in [4.69, 9.17) is 10.9 Å². The lowest BCUT2D eigenvalue weighted by atomic mass is 9.93. The summed E-state index contributed by atoms with van der Waals surface area (Å²) in [6, 6.07) is 0. The average Bonchev–Trinajstić information content (AvgIpc) is 2.44. The zero-order valence-corrected chi connectivity index (χ0v) is 9.32. The van der Waals surface area contributed by atoms with Crippen LogP contribution in [0.3, 0.4) is 0 Å². The topological polar surface area (TPSA) is 61.8 Å². The molecule has 1 aliphatic rings. The van der Waals surface area contributed by atoms with E-state index in [1.54, 1.807) is 0 Å². The highest BCUT2D eigenvalue weighted by Crippen LogP contribution is 2.28. The van der Waals surface area contributed by atoms with Crippen molar-refractivity contribution in [3.63, 3.8) is 0 Å². The van der Waals surface area contributed by atoms with E-state index in [0.29, 0.717) is 11.3 Å². The van der Waals surface area contributed by atoms with Gasteiger partial charge in [-0.1, -0.05) is 25.9 Å². The molecule has 0 saturated carbocycles. The second kappa shape index (κ2) is 4.17. The first-order chi connectivity index (χ1) is 6.44. The van der Waals surface area contributed by atoms with Crippen LogP contribution in [-0.4, -0.2) is 35.6 Å². The predicted molar refractivity (Wildman–Crippen MR) is 57.4 cm³/mol. The van der Waals surface area contributed by atoms with Crippen molar-refractivity contribution in [1.29, 1.82) is 0 Å². The molecule has 0 amide bonds. The smallest absolute Gasteiger partial charge is 0.143 e. The van der Waals surface area contributed by atoms with Crippen LogP contribution in [0.5, 0.6) is 0 Å². The predicted octanol–water partition coefficient (Wildman–Crippen LogP) is 1.10. The van der Waals surface area contributed by atoms with Crippen molar-refractivity contribution in [3.8, 4) is 0 Å². The molecule has 82 valence electrons. The van der Waals surface area contributed by atoms with Gasteiger partial charge in [0.1, 0.15) is 5.84 Å². The molecular formula is C10H21N3O. The summed E-state index contributed by atoms with van der Waals surface area (Å²) in [6.07, 6.45) is 1.23. The molecule has 0 spiro atoms. The van der Waals surface area contributed by atoms with E-state index in [-0.39, 0.29) is 5.92 Å². The van der Waals surface area contributed by atoms with Crippen molar-refractivity contribution in [2.75, 3.05) is 19.6 Å². The molecule has 0 aliphatic carbocycles. The molecule has 0 radical (unpaired) electrons. The molecule has 1 fully saturated rings. The van der Waals surface area contributed by atoms with Gasteiger partial charge in [0, 0.05) is 19.0 Å². The molecule has 1 rings (SSSR count). The zero-order chi connectivity index (χ0) is 10.8. The number of amidine groups is 1. The normalized spacial score (nSPS) is 25.2. The summed E-state index contributed by atoms with van der Waals surface area (Å²) in [6.45, 7) is 9.66. The zero-order valence-electron chi connectivity index (χ0n) is 9.32. The lowest BCUT2D eigenvalue weighted by molar-refractivity contribution is 0.270. The van der Waals surface area contributed by atoms with Gasteiger partial charge in [-0.05, 0) is 18.4 Å². The maximum absolute atomic E-state index is 8.53. The second-order valence-electron chi connectivity index (χ2n) is 5.08. The number of nitrogens with zero attached hydrogens (tertiary/aromatic N) is 2. The van der Waals surface area contributed by atoms with Gasteiger partial charge in [0.25, 0.3) is 0 Å². The minimum Gasteiger partial charge on any atom is -0.409 e. The Morgan fingerprint density at radius 2 is 2.29 bits per heavy atom. The maximum Gasteiger partial charge on any atom is 0.143 e. The molecule has 14 heavy (non-hydrogen) atoms. The number of hydrogen-bond donors (Lipinski definition) is 2. The molecule has 0 bridgehead atoms. The number of rotatable bonds is 3. The Bertz CT molecular complexity index is 225. The van der Waals surface area contributed by atoms with Crippen LogP contribution in [0.25, 0.3) is 0 Å². The molecule has 0 aromatic rings. The van der Waals surface area contributed by atoms with Crippen LogP contribution in [0.4, 0.5) is 0 Å². The third-order valence-electron chi connectivity index (χ3n) is 2.91. The summed E-state index contributed by atoms with van der Waals surface area (Å²) in [7, 11) is 0. The molecule has 1 unspecified atom stereocenters. The second-order valence-corrected chi connectivity index (χ2v) is 5.08. The molecule has 0 aromatic carbocycles. The number of hydrogen-bond acceptors (Lipinski definition) is 3. The minimum atomic E-state index is 0.133. The fraction of sp³-hybridized carbons (Fsp3) is 0.900. The van der Waals surface area contributed by atoms with Gasteiger partial charge in [-0.3, -0.25) is 0 Å². The van der Waals surface area contributed by atoms with Crippen molar-refractivity contribution in [2.45, 2.75) is 27.2 Å². The monoisotopic (exact) mass is 199 g/mol. The van der Waals surface area contributed by atoms with Crippen LogP contribution in [-0.2, 0) is 0 Å². The Kier molecular flexibility index (Phi) is 3.37. The van der Waals surface area contributed by atoms with E-state index in [9.17, 15) is 0 Å². The maximum atomic E-state index is 8.53. The number of oxime groups is 1. The van der Waals surface area contributed by atoms with Crippen molar-refractivity contribution in [2.24, 2.45) is 22.2 Å². The van der Waals surface area contributed by atoms with Crippen LogP contribution < -0.4 is 5.73 Å². The van der Waals surface area contributed by atoms with Gasteiger partial charge in [-0.15, -0.1) is 0 Å². The first-order valence-electron chi connectivity index (χ1n) is 5.14. The Morgan fingerprint density at radius 1 is 1.64 bits per heavy atom. The van der Waals surface area contributed by atoms with Gasteiger partial charge >= 0.3 is 0 Å². The summed E-state index contributed by atoms with van der Waals surface area (Å²) in [5, 5.41) is 11.6. The summed E-state index contributed by atoms with van der Waals surface area (Å²) < 4.78 is 0. The third-order valence-corrected chi connectivity index (χ3v) is 2.91. The summed E-state index contributed by atoms with van der Waals surface area (Å²) in [5.41, 5.74) is 5.96. The summed E-state index contributed by atoms with van der Waals surface area (Å²) >= 11 is 0. The fourth-order valence-corrected chi connectivity index (χ4v) is 1.96. The Balaban J connectivity index is 2.40. The van der Waals surface area contributed by atoms with Gasteiger partial charge in [-0.25, -0.2) is 0 Å². The molecule has 0 aromatic heterocycles. The third kappa shape index (κ3) is 2.87. The van der Waals surface area contributed by atoms with Crippen LogP contribution in [0, 0.1) is 11.3 Å². The van der Waals surface area contributed by atoms with Crippen LogP contribution in [0.1, 0.15) is 27.2 Å². The lowest BCUT2D eigenvalue weighted by Crippen LogP contribution is -2.34. The van der Waals surface area contributed by atoms with E-state index in [2.05, 4.69) is 23.9 Å². The van der Waals surface area contributed by atoms with Crippen molar-refractivity contribution in [1.82, 2.24) is 4.90 Å². The van der Waals surface area contributed by atoms with E-state index in [1.165, 1.54) is 6.42 Å². The van der Waals surface area contributed by atoms with Gasteiger partial charge in [0.15, 0.2) is 0 Å². The highest BCUT2D eigenvalue weighted by Gasteiger charge is 2.30. The quantitative estimate of drug-likeness (QED) is 0.310. The van der Waals surface area contributed by atoms with Crippen LogP contribution >= 0.6 is 0 Å². The SMILES string of the molecule is CC(CN1CCC(C)(C)C1)C(N)=NO. The molecule has 4 heteroatoms. The van der Waals surface area contributed by atoms with E-state index >= 15 is 0 Å². The molecule has 1 atom stereocenters. The molecular weight excluding hydrogens is 178 g/mol. The summed E-state index contributed by atoms with van der Waals surface area (Å²) in [5.74, 6) is 0.462. The highest BCUT2D eigenvalue weighted by molar-refractivity contribution is 5.82.